The molecule has 8 nitrogen and oxygen atoms in total. The van der Waals surface area contributed by atoms with Crippen molar-refractivity contribution in [1.29, 1.82) is 0 Å². The first kappa shape index (κ1) is 32.1. The number of carbonyl (C=O) groups excluding carboxylic acids is 3. The van der Waals surface area contributed by atoms with E-state index in [1.54, 1.807) is 24.3 Å². The Morgan fingerprint density at radius 2 is 1.70 bits per heavy atom. The number of ether oxygens (including phenoxy) is 3. The minimum atomic E-state index is -2.13. The number of hydrogen-bond donors (Lipinski definition) is 1. The summed E-state index contributed by atoms with van der Waals surface area (Å²) in [5.74, 6) is -2.76. The van der Waals surface area contributed by atoms with Gasteiger partial charge in [0.2, 0.25) is 0 Å². The number of carbonyl (C=O) groups is 3. The molecule has 1 aromatic carbocycles. The molecule has 0 amide bonds. The van der Waals surface area contributed by atoms with Crippen molar-refractivity contribution in [2.24, 2.45) is 28.6 Å². The van der Waals surface area contributed by atoms with E-state index < -0.39 is 72.4 Å². The molecule has 0 radical (unpaired) electrons. The standard InChI is InChI=1S/C34H48O8Si/c1-19-16-25-33(18-39-25,41-22(4)35)27-29(40-30(37)23-14-12-11-13-15-23)34(38)17-24(42-43(8,9)10)20(2)26(31(34,5)6)21(3)28(36)32(19,27)7/h11-15,19,21,24-25,27,29,38H,16-18H2,1-10H3/t19-,21+,24-,25+,27?,29-,32+,33-,34+/m0/s1. The smallest absolute Gasteiger partial charge is 0.338 e. The number of benzene rings is 1. The van der Waals surface area contributed by atoms with E-state index in [1.807, 2.05) is 47.6 Å². The molecule has 5 rings (SSSR count). The number of Topliss-reactive ketones (excluding diaryl/α,β-unsaturated/α-hetero) is 1. The van der Waals surface area contributed by atoms with Crippen LogP contribution in [-0.4, -0.2) is 67.3 Å². The van der Waals surface area contributed by atoms with Crippen LogP contribution in [0.1, 0.15) is 71.7 Å². The van der Waals surface area contributed by atoms with Crippen LogP contribution in [0.3, 0.4) is 0 Å². The summed E-state index contributed by atoms with van der Waals surface area (Å²) in [6, 6.07) is 8.66. The quantitative estimate of drug-likeness (QED) is 0.264. The van der Waals surface area contributed by atoms with Crippen molar-refractivity contribution in [3.05, 3.63) is 47.0 Å². The highest BCUT2D eigenvalue weighted by molar-refractivity contribution is 6.69. The Morgan fingerprint density at radius 3 is 2.23 bits per heavy atom. The Balaban J connectivity index is 1.82. The van der Waals surface area contributed by atoms with Crippen LogP contribution in [0.4, 0.5) is 0 Å². The van der Waals surface area contributed by atoms with E-state index in [2.05, 4.69) is 19.6 Å². The summed E-state index contributed by atoms with van der Waals surface area (Å²) in [6.45, 7) is 19.4. The third-order valence-electron chi connectivity index (χ3n) is 11.2. The lowest BCUT2D eigenvalue weighted by molar-refractivity contribution is -0.339. The van der Waals surface area contributed by atoms with Gasteiger partial charge in [-0.1, -0.05) is 52.8 Å². The molecule has 2 bridgehead atoms. The Morgan fingerprint density at radius 1 is 1.07 bits per heavy atom. The molecule has 236 valence electrons. The van der Waals surface area contributed by atoms with E-state index in [9.17, 15) is 14.7 Å². The average molecular weight is 613 g/mol. The highest BCUT2D eigenvalue weighted by Crippen LogP contribution is 2.66. The van der Waals surface area contributed by atoms with Gasteiger partial charge in [0.05, 0.1) is 24.2 Å². The molecule has 3 aliphatic carbocycles. The molecule has 2 saturated carbocycles. The first-order valence-corrected chi connectivity index (χ1v) is 18.9. The second kappa shape index (κ2) is 10.4. The first-order valence-electron chi connectivity index (χ1n) is 15.5. The maximum atomic E-state index is 15.0. The van der Waals surface area contributed by atoms with E-state index in [1.165, 1.54) is 6.92 Å². The van der Waals surface area contributed by atoms with Gasteiger partial charge in [-0.15, -0.1) is 0 Å². The number of rotatable bonds is 5. The summed E-state index contributed by atoms with van der Waals surface area (Å²) < 4.78 is 25.4. The highest BCUT2D eigenvalue weighted by Gasteiger charge is 2.76. The summed E-state index contributed by atoms with van der Waals surface area (Å²) in [5.41, 5.74) is -2.92. The van der Waals surface area contributed by atoms with Crippen LogP contribution in [0, 0.1) is 28.6 Å². The van der Waals surface area contributed by atoms with Crippen molar-refractivity contribution in [2.75, 3.05) is 6.61 Å². The van der Waals surface area contributed by atoms with Crippen molar-refractivity contribution < 1.29 is 38.1 Å². The Kier molecular flexibility index (Phi) is 7.73. The zero-order chi connectivity index (χ0) is 31.9. The van der Waals surface area contributed by atoms with E-state index in [0.717, 1.165) is 11.1 Å². The van der Waals surface area contributed by atoms with Gasteiger partial charge in [0.25, 0.3) is 0 Å². The monoisotopic (exact) mass is 612 g/mol. The zero-order valence-electron chi connectivity index (χ0n) is 27.3. The number of fused-ring (bicyclic) bond motifs is 5. The first-order chi connectivity index (χ1) is 19.8. The van der Waals surface area contributed by atoms with Crippen molar-refractivity contribution in [3.8, 4) is 0 Å². The second-order valence-electron chi connectivity index (χ2n) is 15.1. The van der Waals surface area contributed by atoms with Gasteiger partial charge in [0.1, 0.15) is 23.6 Å². The SMILES string of the molecule is CC(=O)O[C@@]12CO[C@@H]1C[C@H](C)[C@@]1(C)C(=O)[C@H](C)C3=C(C)[C@@H](O[Si](C)(C)C)C[C@@](O)([C@@H](OC(=O)c4ccccc4)C12)C3(C)C. The molecule has 1 N–H and O–H groups in total. The number of hydrogen-bond acceptors (Lipinski definition) is 8. The lowest BCUT2D eigenvalue weighted by Crippen LogP contribution is -2.80. The normalized spacial score (nSPS) is 40.3. The number of aliphatic hydroxyl groups is 1. The van der Waals surface area contributed by atoms with Gasteiger partial charge >= 0.3 is 11.9 Å². The predicted molar refractivity (Wildman–Crippen MR) is 164 cm³/mol. The minimum Gasteiger partial charge on any atom is -0.455 e. The molecule has 9 heteroatoms. The molecule has 4 aliphatic rings. The van der Waals surface area contributed by atoms with Crippen LogP contribution < -0.4 is 0 Å². The van der Waals surface area contributed by atoms with Crippen LogP contribution >= 0.6 is 0 Å². The van der Waals surface area contributed by atoms with E-state index >= 15 is 4.79 Å². The lowest BCUT2D eigenvalue weighted by atomic mass is 9.42. The van der Waals surface area contributed by atoms with E-state index in [0.29, 0.717) is 12.0 Å². The fraction of sp³-hybridized carbons (Fsp3) is 0.676. The molecular weight excluding hydrogens is 564 g/mol. The molecule has 1 aromatic rings. The topological polar surface area (TPSA) is 108 Å². The average Bonchev–Trinajstić information content (AvgIpc) is 2.90. The Labute approximate surface area is 256 Å². The van der Waals surface area contributed by atoms with Crippen LogP contribution in [-0.2, 0) is 28.2 Å². The second-order valence-corrected chi connectivity index (χ2v) is 19.6. The molecule has 1 aliphatic heterocycles. The largest absolute Gasteiger partial charge is 0.455 e. The van der Waals surface area contributed by atoms with Crippen LogP contribution in [0.15, 0.2) is 41.5 Å². The van der Waals surface area contributed by atoms with Crippen LogP contribution in [0.25, 0.3) is 0 Å². The lowest BCUT2D eigenvalue weighted by Gasteiger charge is -2.68. The van der Waals surface area contributed by atoms with Crippen molar-refractivity contribution in [2.45, 2.75) is 110 Å². The third-order valence-corrected chi connectivity index (χ3v) is 12.2. The van der Waals surface area contributed by atoms with Crippen molar-refractivity contribution in [1.82, 2.24) is 0 Å². The van der Waals surface area contributed by atoms with Gasteiger partial charge in [-0.25, -0.2) is 4.79 Å². The molecule has 0 aromatic heterocycles. The molecule has 43 heavy (non-hydrogen) atoms. The summed E-state index contributed by atoms with van der Waals surface area (Å²) in [5, 5.41) is 13.3. The molecular formula is C34H48O8Si. The fourth-order valence-corrected chi connectivity index (χ4v) is 10.1. The maximum absolute atomic E-state index is 15.0. The summed E-state index contributed by atoms with van der Waals surface area (Å²) >= 11 is 0. The Bertz CT molecular complexity index is 1350. The van der Waals surface area contributed by atoms with Crippen LogP contribution in [0.2, 0.25) is 19.6 Å². The van der Waals surface area contributed by atoms with Gasteiger partial charge < -0.3 is 23.7 Å². The third kappa shape index (κ3) is 4.68. The van der Waals surface area contributed by atoms with E-state index in [4.69, 9.17) is 18.6 Å². The fourth-order valence-electron chi connectivity index (χ4n) is 8.99. The number of esters is 2. The van der Waals surface area contributed by atoms with Crippen molar-refractivity contribution in [3.63, 3.8) is 0 Å². The molecule has 1 heterocycles. The minimum absolute atomic E-state index is 0.0132. The van der Waals surface area contributed by atoms with Gasteiger partial charge in [0.15, 0.2) is 13.9 Å². The molecule has 3 fully saturated rings. The van der Waals surface area contributed by atoms with Gasteiger partial charge in [-0.3, -0.25) is 9.59 Å². The van der Waals surface area contributed by atoms with Gasteiger partial charge in [-0.05, 0) is 62.2 Å². The van der Waals surface area contributed by atoms with Gasteiger partial charge in [0, 0.05) is 30.1 Å². The van der Waals surface area contributed by atoms with Crippen molar-refractivity contribution >= 4 is 26.0 Å². The maximum Gasteiger partial charge on any atom is 0.338 e. The molecule has 0 spiro atoms. The summed E-state index contributed by atoms with van der Waals surface area (Å²) in [6.07, 6.45) is -1.53. The zero-order valence-corrected chi connectivity index (χ0v) is 28.3. The van der Waals surface area contributed by atoms with Crippen LogP contribution in [0.5, 0.6) is 0 Å². The molecule has 1 unspecified atom stereocenters. The van der Waals surface area contributed by atoms with E-state index in [-0.39, 0.29) is 24.7 Å². The Hall–Kier alpha value is -2.33. The predicted octanol–water partition coefficient (Wildman–Crippen LogP) is 5.49. The summed E-state index contributed by atoms with van der Waals surface area (Å²) in [7, 11) is -2.13. The highest BCUT2D eigenvalue weighted by atomic mass is 28.4. The van der Waals surface area contributed by atoms with Gasteiger partial charge in [-0.2, -0.15) is 0 Å². The summed E-state index contributed by atoms with van der Waals surface area (Å²) in [4.78, 5) is 41.7. The molecule has 1 saturated heterocycles. The molecule has 9 atom stereocenters. The number of ketones is 1.